The molecule has 0 aliphatic rings. The first-order valence-corrected chi connectivity index (χ1v) is 7.69. The summed E-state index contributed by atoms with van der Waals surface area (Å²) in [5, 5.41) is -0.344. The first-order chi connectivity index (χ1) is 6.40. The molecule has 0 aromatic heterocycles. The molecule has 0 fully saturated rings. The van der Waals surface area contributed by atoms with E-state index < -0.39 is 10.0 Å². The lowest BCUT2D eigenvalue weighted by molar-refractivity contribution is 0.549. The van der Waals surface area contributed by atoms with E-state index in [9.17, 15) is 8.42 Å². The first-order valence-electron chi connectivity index (χ1n) is 4.99. The average molecular weight is 239 g/mol. The predicted molar refractivity (Wildman–Crippen MR) is 64.3 cm³/mol. The van der Waals surface area contributed by atoms with Gasteiger partial charge in [-0.1, -0.05) is 6.92 Å². The molecule has 14 heavy (non-hydrogen) atoms. The van der Waals surface area contributed by atoms with Gasteiger partial charge in [0, 0.05) is 6.04 Å². The van der Waals surface area contributed by atoms with Gasteiger partial charge in [-0.2, -0.15) is 11.8 Å². The van der Waals surface area contributed by atoms with Crippen molar-refractivity contribution in [2.45, 2.75) is 45.4 Å². The molecule has 0 aromatic rings. The van der Waals surface area contributed by atoms with Crippen molar-refractivity contribution < 1.29 is 8.42 Å². The number of rotatable bonds is 7. The molecule has 0 radical (unpaired) electrons. The molecule has 0 aromatic carbocycles. The maximum absolute atomic E-state index is 11.5. The van der Waals surface area contributed by atoms with Gasteiger partial charge in [-0.15, -0.1) is 0 Å². The number of nitrogens with one attached hydrogen (secondary N) is 1. The van der Waals surface area contributed by atoms with E-state index in [0.29, 0.717) is 0 Å². The van der Waals surface area contributed by atoms with E-state index in [-0.39, 0.29) is 11.3 Å². The SMILES string of the molecule is CCSCCC(C)NS(=O)(=O)C(C)C. The Labute approximate surface area is 92.1 Å². The summed E-state index contributed by atoms with van der Waals surface area (Å²) >= 11 is 1.84. The van der Waals surface area contributed by atoms with Crippen molar-refractivity contribution in [1.29, 1.82) is 0 Å². The molecule has 0 saturated heterocycles. The molecular formula is C9H21NO2S2. The minimum absolute atomic E-state index is 0.0430. The summed E-state index contributed by atoms with van der Waals surface area (Å²) < 4.78 is 25.6. The van der Waals surface area contributed by atoms with Crippen LogP contribution in [0.2, 0.25) is 0 Å². The van der Waals surface area contributed by atoms with Crippen LogP contribution in [-0.4, -0.2) is 31.2 Å². The van der Waals surface area contributed by atoms with Gasteiger partial charge in [0.1, 0.15) is 0 Å². The van der Waals surface area contributed by atoms with E-state index in [1.165, 1.54) is 0 Å². The van der Waals surface area contributed by atoms with Crippen molar-refractivity contribution in [2.24, 2.45) is 0 Å². The number of sulfonamides is 1. The van der Waals surface area contributed by atoms with Crippen molar-refractivity contribution >= 4 is 21.8 Å². The molecule has 0 saturated carbocycles. The van der Waals surface area contributed by atoms with Gasteiger partial charge in [0.05, 0.1) is 5.25 Å². The van der Waals surface area contributed by atoms with Crippen LogP contribution < -0.4 is 4.72 Å². The highest BCUT2D eigenvalue weighted by atomic mass is 32.2. The van der Waals surface area contributed by atoms with E-state index in [2.05, 4.69) is 11.6 Å². The monoisotopic (exact) mass is 239 g/mol. The van der Waals surface area contributed by atoms with Crippen LogP contribution in [0.3, 0.4) is 0 Å². The van der Waals surface area contributed by atoms with Gasteiger partial charge >= 0.3 is 0 Å². The normalized spacial score (nSPS) is 14.6. The van der Waals surface area contributed by atoms with Crippen LogP contribution >= 0.6 is 11.8 Å². The summed E-state index contributed by atoms with van der Waals surface area (Å²) in [6.07, 6.45) is 0.893. The van der Waals surface area contributed by atoms with Crippen LogP contribution in [0.15, 0.2) is 0 Å². The lowest BCUT2D eigenvalue weighted by Crippen LogP contribution is -2.37. The van der Waals surface area contributed by atoms with E-state index in [4.69, 9.17) is 0 Å². The van der Waals surface area contributed by atoms with Gasteiger partial charge in [0.2, 0.25) is 10.0 Å². The van der Waals surface area contributed by atoms with Crippen LogP contribution in [0, 0.1) is 0 Å². The third-order valence-electron chi connectivity index (χ3n) is 1.89. The summed E-state index contributed by atoms with van der Waals surface area (Å²) in [5.41, 5.74) is 0. The van der Waals surface area contributed by atoms with Crippen LogP contribution in [0.25, 0.3) is 0 Å². The average Bonchev–Trinajstić information content (AvgIpc) is 2.03. The summed E-state index contributed by atoms with van der Waals surface area (Å²) in [4.78, 5) is 0. The Morgan fingerprint density at radius 2 is 1.86 bits per heavy atom. The number of hydrogen-bond donors (Lipinski definition) is 1. The Bertz CT molecular complexity index is 237. The zero-order valence-corrected chi connectivity index (χ0v) is 11.0. The molecule has 0 heterocycles. The lowest BCUT2D eigenvalue weighted by Gasteiger charge is -2.15. The standard InChI is InChI=1S/C9H21NO2S2/c1-5-13-7-6-9(4)10-14(11,12)8(2)3/h8-10H,5-7H2,1-4H3. The summed E-state index contributed by atoms with van der Waals surface area (Å²) in [7, 11) is -3.09. The van der Waals surface area contributed by atoms with Crippen molar-refractivity contribution in [3.63, 3.8) is 0 Å². The van der Waals surface area contributed by atoms with E-state index in [1.807, 2.05) is 18.7 Å². The Morgan fingerprint density at radius 3 is 2.29 bits per heavy atom. The Morgan fingerprint density at radius 1 is 1.29 bits per heavy atom. The number of thioether (sulfide) groups is 1. The van der Waals surface area contributed by atoms with Crippen molar-refractivity contribution in [2.75, 3.05) is 11.5 Å². The minimum atomic E-state index is -3.09. The Balaban J connectivity index is 3.88. The highest BCUT2D eigenvalue weighted by Gasteiger charge is 2.17. The van der Waals surface area contributed by atoms with Gasteiger partial charge in [-0.3, -0.25) is 0 Å². The summed E-state index contributed by atoms with van der Waals surface area (Å²) in [5.74, 6) is 2.10. The van der Waals surface area contributed by atoms with Crippen LogP contribution in [-0.2, 0) is 10.0 Å². The first kappa shape index (κ1) is 14.3. The Kier molecular flexibility index (Phi) is 6.81. The molecule has 1 N–H and O–H groups in total. The predicted octanol–water partition coefficient (Wildman–Crippen LogP) is 1.85. The van der Waals surface area contributed by atoms with Crippen molar-refractivity contribution in [1.82, 2.24) is 4.72 Å². The molecule has 0 aliphatic heterocycles. The van der Waals surface area contributed by atoms with Gasteiger partial charge < -0.3 is 0 Å². The quantitative estimate of drug-likeness (QED) is 0.690. The zero-order valence-electron chi connectivity index (χ0n) is 9.41. The van der Waals surface area contributed by atoms with E-state index >= 15 is 0 Å². The molecule has 86 valence electrons. The van der Waals surface area contributed by atoms with E-state index in [0.717, 1.165) is 17.9 Å². The third-order valence-corrected chi connectivity index (χ3v) is 4.79. The smallest absolute Gasteiger partial charge is 0.212 e. The molecular weight excluding hydrogens is 218 g/mol. The third kappa shape index (κ3) is 5.88. The van der Waals surface area contributed by atoms with Crippen LogP contribution in [0.4, 0.5) is 0 Å². The highest BCUT2D eigenvalue weighted by molar-refractivity contribution is 7.99. The van der Waals surface area contributed by atoms with Crippen LogP contribution in [0.5, 0.6) is 0 Å². The molecule has 5 heteroatoms. The fraction of sp³-hybridized carbons (Fsp3) is 1.00. The van der Waals surface area contributed by atoms with Crippen molar-refractivity contribution in [3.05, 3.63) is 0 Å². The topological polar surface area (TPSA) is 46.2 Å². The Hall–Kier alpha value is 0.260. The molecule has 0 bridgehead atoms. The molecule has 0 rings (SSSR count). The van der Waals surface area contributed by atoms with Crippen LogP contribution in [0.1, 0.15) is 34.1 Å². The zero-order chi connectivity index (χ0) is 11.2. The van der Waals surface area contributed by atoms with Gasteiger partial charge in [-0.25, -0.2) is 13.1 Å². The second-order valence-electron chi connectivity index (χ2n) is 3.60. The fourth-order valence-corrected chi connectivity index (χ4v) is 2.64. The molecule has 0 aliphatic carbocycles. The number of hydrogen-bond acceptors (Lipinski definition) is 3. The van der Waals surface area contributed by atoms with Gasteiger partial charge in [-0.05, 0) is 38.7 Å². The second-order valence-corrected chi connectivity index (χ2v) is 7.26. The largest absolute Gasteiger partial charge is 0.214 e. The van der Waals surface area contributed by atoms with E-state index in [1.54, 1.807) is 13.8 Å². The molecule has 0 amide bonds. The summed E-state index contributed by atoms with van der Waals surface area (Å²) in [6, 6.07) is 0.0430. The lowest BCUT2D eigenvalue weighted by atomic mass is 10.3. The molecule has 3 nitrogen and oxygen atoms in total. The summed E-state index contributed by atoms with van der Waals surface area (Å²) in [6.45, 7) is 7.40. The highest BCUT2D eigenvalue weighted by Crippen LogP contribution is 2.06. The second kappa shape index (κ2) is 6.69. The maximum atomic E-state index is 11.5. The minimum Gasteiger partial charge on any atom is -0.212 e. The molecule has 1 unspecified atom stereocenters. The van der Waals surface area contributed by atoms with Gasteiger partial charge in [0.25, 0.3) is 0 Å². The van der Waals surface area contributed by atoms with Crippen molar-refractivity contribution in [3.8, 4) is 0 Å². The molecule has 0 spiro atoms. The maximum Gasteiger partial charge on any atom is 0.214 e. The fourth-order valence-electron chi connectivity index (χ4n) is 0.880. The molecule has 1 atom stereocenters. The van der Waals surface area contributed by atoms with Gasteiger partial charge in [0.15, 0.2) is 0 Å².